The summed E-state index contributed by atoms with van der Waals surface area (Å²) in [6.45, 7) is 4.32. The molecule has 0 nitrogen and oxygen atoms in total. The minimum Gasteiger partial charge on any atom is -0.0587 e. The van der Waals surface area contributed by atoms with E-state index >= 15 is 0 Å². The maximum atomic E-state index is 2.31. The first-order valence-corrected chi connectivity index (χ1v) is 5.43. The molecule has 0 aromatic heterocycles. The maximum absolute atomic E-state index is 2.31. The maximum Gasteiger partial charge on any atom is 0 e. The average Bonchev–Trinajstić information content (AvgIpc) is 2.53. The van der Waals surface area contributed by atoms with Crippen LogP contribution in [-0.2, 0) is 6.42 Å². The Morgan fingerprint density at radius 1 is 0.800 bits per heavy atom. The van der Waals surface area contributed by atoms with Crippen LogP contribution in [0.2, 0.25) is 0 Å². The highest BCUT2D eigenvalue weighted by molar-refractivity contribution is 5.77. The second kappa shape index (κ2) is 2.96. The van der Waals surface area contributed by atoms with Gasteiger partial charge in [0.1, 0.15) is 0 Å². The van der Waals surface area contributed by atoms with Crippen molar-refractivity contribution in [2.24, 2.45) is 0 Å². The molecule has 0 amide bonds. The van der Waals surface area contributed by atoms with E-state index in [2.05, 4.69) is 50.2 Å². The molecule has 0 spiro atoms. The second-order valence-electron chi connectivity index (χ2n) is 4.50. The summed E-state index contributed by atoms with van der Waals surface area (Å²) in [6.07, 6.45) is 1.11. The van der Waals surface area contributed by atoms with Gasteiger partial charge in [0.05, 0.1) is 0 Å². The number of hydrogen-bond acceptors (Lipinski definition) is 0. The molecule has 0 unspecified atom stereocenters. The molecule has 15 heavy (non-hydrogen) atoms. The summed E-state index contributed by atoms with van der Waals surface area (Å²) in [5.74, 6) is 0. The first-order valence-electron chi connectivity index (χ1n) is 5.43. The van der Waals surface area contributed by atoms with Gasteiger partial charge in [0.25, 0.3) is 0 Å². The van der Waals surface area contributed by atoms with E-state index in [4.69, 9.17) is 0 Å². The fourth-order valence-corrected chi connectivity index (χ4v) is 2.47. The monoisotopic (exact) mass is 197 g/mol. The van der Waals surface area contributed by atoms with Gasteiger partial charge in [-0.3, -0.25) is 0 Å². The van der Waals surface area contributed by atoms with Crippen LogP contribution < -0.4 is 0 Å². The molecule has 76 valence electrons. The Morgan fingerprint density at radius 2 is 1.27 bits per heavy atom. The van der Waals surface area contributed by atoms with Gasteiger partial charge >= 0.3 is 0 Å². The van der Waals surface area contributed by atoms with Crippen LogP contribution in [0, 0.1) is 13.8 Å². The summed E-state index contributed by atoms with van der Waals surface area (Å²) in [5, 5.41) is 0. The molecule has 0 heteroatoms. The predicted octanol–water partition coefficient (Wildman–Crippen LogP) is 4.12. The van der Waals surface area contributed by atoms with Gasteiger partial charge in [-0.1, -0.05) is 47.5 Å². The van der Waals surface area contributed by atoms with Crippen LogP contribution in [0.4, 0.5) is 0 Å². The quantitative estimate of drug-likeness (QED) is 0.508. The van der Waals surface area contributed by atoms with Crippen molar-refractivity contribution < 1.29 is 1.43 Å². The molecule has 2 aromatic carbocycles. The Morgan fingerprint density at radius 3 is 1.73 bits per heavy atom. The number of fused-ring (bicyclic) bond motifs is 3. The molecule has 2 aromatic rings. The number of benzene rings is 2. The Balaban J connectivity index is 0.000000963. The van der Waals surface area contributed by atoms with E-state index < -0.39 is 0 Å². The van der Waals surface area contributed by atoms with Crippen molar-refractivity contribution in [3.8, 4) is 11.1 Å². The molecular weight excluding hydrogens is 180 g/mol. The van der Waals surface area contributed by atoms with Crippen LogP contribution in [-0.4, -0.2) is 0 Å². The SMILES string of the molecule is Cc1ccc2c(c1)Cc1cc(C)ccc1-2.[2HH]. The topological polar surface area (TPSA) is 0 Å². The molecule has 0 saturated heterocycles. The highest BCUT2D eigenvalue weighted by atomic mass is 14.2. The van der Waals surface area contributed by atoms with E-state index in [1.165, 1.54) is 33.4 Å². The van der Waals surface area contributed by atoms with Crippen molar-refractivity contribution in [3.05, 3.63) is 58.7 Å². The van der Waals surface area contributed by atoms with Crippen molar-refractivity contribution >= 4 is 0 Å². The minimum absolute atomic E-state index is 0. The van der Waals surface area contributed by atoms with Gasteiger partial charge in [0.2, 0.25) is 0 Å². The van der Waals surface area contributed by atoms with Crippen LogP contribution >= 0.6 is 0 Å². The smallest absolute Gasteiger partial charge is 0 e. The van der Waals surface area contributed by atoms with E-state index in [9.17, 15) is 0 Å². The van der Waals surface area contributed by atoms with Crippen molar-refractivity contribution in [2.75, 3.05) is 0 Å². The van der Waals surface area contributed by atoms with Gasteiger partial charge in [-0.15, -0.1) is 0 Å². The largest absolute Gasteiger partial charge is 0.0587 e. The molecular formula is C15H16. The third-order valence-electron chi connectivity index (χ3n) is 3.19. The molecule has 0 N–H and O–H groups in total. The second-order valence-corrected chi connectivity index (χ2v) is 4.50. The molecule has 0 saturated carbocycles. The standard InChI is InChI=1S/C15H14.H2/c1-10-3-5-14-12(7-10)9-13-8-11(2)4-6-15(13)14;/h3-8H,9H2,1-2H3;1H/i;1+1. The predicted molar refractivity (Wildman–Crippen MR) is 66.3 cm³/mol. The van der Waals surface area contributed by atoms with Crippen LogP contribution in [0.1, 0.15) is 23.7 Å². The lowest BCUT2D eigenvalue weighted by molar-refractivity contribution is 1.24. The van der Waals surface area contributed by atoms with Gasteiger partial charge in [-0.05, 0) is 42.5 Å². The number of rotatable bonds is 0. The lowest BCUT2D eigenvalue weighted by Gasteiger charge is -2.01. The molecule has 1 aliphatic carbocycles. The summed E-state index contributed by atoms with van der Waals surface area (Å²) in [7, 11) is 0. The van der Waals surface area contributed by atoms with E-state index in [1.54, 1.807) is 0 Å². The molecule has 0 radical (unpaired) electrons. The van der Waals surface area contributed by atoms with Crippen molar-refractivity contribution in [3.63, 3.8) is 0 Å². The average molecular weight is 197 g/mol. The molecule has 3 rings (SSSR count). The molecule has 0 atom stereocenters. The van der Waals surface area contributed by atoms with Gasteiger partial charge < -0.3 is 0 Å². The summed E-state index contributed by atoms with van der Waals surface area (Å²) in [4.78, 5) is 0. The minimum atomic E-state index is 0. The van der Waals surface area contributed by atoms with Crippen molar-refractivity contribution in [2.45, 2.75) is 20.3 Å². The fourth-order valence-electron chi connectivity index (χ4n) is 2.47. The summed E-state index contributed by atoms with van der Waals surface area (Å²) < 4.78 is 0. The third-order valence-corrected chi connectivity index (χ3v) is 3.19. The van der Waals surface area contributed by atoms with Crippen molar-refractivity contribution in [1.82, 2.24) is 0 Å². The van der Waals surface area contributed by atoms with E-state index in [0.717, 1.165) is 6.42 Å². The summed E-state index contributed by atoms with van der Waals surface area (Å²) >= 11 is 0. The Bertz CT molecular complexity index is 492. The highest BCUT2D eigenvalue weighted by Crippen LogP contribution is 2.37. The van der Waals surface area contributed by atoms with Crippen LogP contribution in [0.25, 0.3) is 11.1 Å². The van der Waals surface area contributed by atoms with Crippen molar-refractivity contribution in [1.29, 1.82) is 0 Å². The third kappa shape index (κ3) is 1.29. The molecule has 1 aliphatic rings. The van der Waals surface area contributed by atoms with Gasteiger partial charge in [-0.25, -0.2) is 0 Å². The zero-order valence-electron chi connectivity index (χ0n) is 9.17. The first-order chi connectivity index (χ1) is 7.24. The Kier molecular flexibility index (Phi) is 1.72. The zero-order valence-corrected chi connectivity index (χ0v) is 9.17. The normalized spacial score (nSPS) is 12.4. The summed E-state index contributed by atoms with van der Waals surface area (Å²) in [6, 6.07) is 13.5. The number of aryl methyl sites for hydroxylation is 2. The molecule has 0 heterocycles. The zero-order chi connectivity index (χ0) is 10.4. The Hall–Kier alpha value is -1.56. The first kappa shape index (κ1) is 8.72. The summed E-state index contributed by atoms with van der Waals surface area (Å²) in [5.41, 5.74) is 8.54. The van der Waals surface area contributed by atoms with Gasteiger partial charge in [0, 0.05) is 1.43 Å². The van der Waals surface area contributed by atoms with Crippen LogP contribution in [0.5, 0.6) is 0 Å². The van der Waals surface area contributed by atoms with Crippen LogP contribution in [0.15, 0.2) is 36.4 Å². The van der Waals surface area contributed by atoms with E-state index in [1.807, 2.05) is 0 Å². The molecule has 0 bridgehead atoms. The fraction of sp³-hybridized carbons (Fsp3) is 0.200. The van der Waals surface area contributed by atoms with Crippen LogP contribution in [0.3, 0.4) is 0 Å². The number of hydrogen-bond donors (Lipinski definition) is 0. The highest BCUT2D eigenvalue weighted by Gasteiger charge is 2.17. The lowest BCUT2D eigenvalue weighted by Crippen LogP contribution is -1.81. The van der Waals surface area contributed by atoms with Gasteiger partial charge in [-0.2, -0.15) is 0 Å². The van der Waals surface area contributed by atoms with Gasteiger partial charge in [0.15, 0.2) is 0 Å². The Labute approximate surface area is 92.1 Å². The lowest BCUT2D eigenvalue weighted by atomic mass is 10.0. The molecule has 0 aliphatic heterocycles. The van der Waals surface area contributed by atoms with E-state index in [-0.39, 0.29) is 1.43 Å². The molecule has 0 fully saturated rings. The van der Waals surface area contributed by atoms with E-state index in [0.29, 0.717) is 0 Å².